The van der Waals surface area contributed by atoms with Crippen LogP contribution in [0.3, 0.4) is 0 Å². The Morgan fingerprint density at radius 1 is 1.50 bits per heavy atom. The molecule has 0 saturated carbocycles. The first-order chi connectivity index (χ1) is 10.3. The predicted octanol–water partition coefficient (Wildman–Crippen LogP) is 0.140. The summed E-state index contributed by atoms with van der Waals surface area (Å²) in [5.41, 5.74) is 0.568. The normalized spacial score (nSPS) is 16.9. The monoisotopic (exact) mass is 330 g/mol. The van der Waals surface area contributed by atoms with Crippen molar-refractivity contribution in [1.82, 2.24) is 14.1 Å². The van der Waals surface area contributed by atoms with Crippen LogP contribution in [0, 0.1) is 5.92 Å². The van der Waals surface area contributed by atoms with Gasteiger partial charge in [0.25, 0.3) is 0 Å². The van der Waals surface area contributed by atoms with Crippen LogP contribution in [-0.4, -0.2) is 61.5 Å². The van der Waals surface area contributed by atoms with E-state index in [-0.39, 0.29) is 6.54 Å². The third kappa shape index (κ3) is 5.08. The molecule has 1 amide bonds. The Balaban J connectivity index is 1.84. The number of carbonyl (C=O) groups is 1. The van der Waals surface area contributed by atoms with Gasteiger partial charge in [0.15, 0.2) is 0 Å². The van der Waals surface area contributed by atoms with Crippen LogP contribution < -0.4 is 5.32 Å². The number of aromatic nitrogens is 2. The molecule has 1 saturated heterocycles. The first-order valence-electron chi connectivity index (χ1n) is 7.16. The molecule has 0 atom stereocenters. The zero-order valence-corrected chi connectivity index (χ0v) is 13.7. The highest BCUT2D eigenvalue weighted by molar-refractivity contribution is 7.88. The number of ether oxygens (including phenoxy) is 1. The average molecular weight is 330 g/mol. The van der Waals surface area contributed by atoms with Crippen molar-refractivity contribution in [3.05, 3.63) is 12.4 Å². The Bertz CT molecular complexity index is 607. The van der Waals surface area contributed by atoms with E-state index in [1.807, 2.05) is 0 Å². The number of nitrogens with one attached hydrogen (secondary N) is 1. The fraction of sp³-hybridized carbons (Fsp3) is 0.692. The van der Waals surface area contributed by atoms with Gasteiger partial charge in [0, 0.05) is 33.0 Å². The van der Waals surface area contributed by atoms with Gasteiger partial charge in [0.2, 0.25) is 15.9 Å². The van der Waals surface area contributed by atoms with Gasteiger partial charge in [0.05, 0.1) is 24.7 Å². The second-order valence-electron chi connectivity index (χ2n) is 5.57. The quantitative estimate of drug-likeness (QED) is 0.801. The maximum absolute atomic E-state index is 11.8. The molecule has 124 valence electrons. The van der Waals surface area contributed by atoms with Crippen molar-refractivity contribution in [2.75, 3.05) is 38.4 Å². The molecular formula is C13H22N4O4S. The number of carbonyl (C=O) groups excluding carboxylic acids is 1. The molecule has 0 radical (unpaired) electrons. The molecule has 1 fully saturated rings. The molecule has 0 spiro atoms. The van der Waals surface area contributed by atoms with Crippen molar-refractivity contribution in [2.45, 2.75) is 19.4 Å². The van der Waals surface area contributed by atoms with Crippen LogP contribution in [0.25, 0.3) is 0 Å². The average Bonchev–Trinajstić information content (AvgIpc) is 2.85. The van der Waals surface area contributed by atoms with E-state index in [1.54, 1.807) is 17.1 Å². The highest BCUT2D eigenvalue weighted by atomic mass is 32.2. The summed E-state index contributed by atoms with van der Waals surface area (Å²) in [6, 6.07) is 0. The van der Waals surface area contributed by atoms with Gasteiger partial charge in [-0.2, -0.15) is 9.40 Å². The summed E-state index contributed by atoms with van der Waals surface area (Å²) in [5.74, 6) is 0.145. The van der Waals surface area contributed by atoms with Crippen LogP contribution >= 0.6 is 0 Å². The number of rotatable bonds is 6. The Labute approximate surface area is 130 Å². The molecular weight excluding hydrogens is 308 g/mol. The Morgan fingerprint density at radius 2 is 2.18 bits per heavy atom. The molecule has 1 aromatic rings. The molecule has 1 aromatic heterocycles. The summed E-state index contributed by atoms with van der Waals surface area (Å²) in [5, 5.41) is 6.87. The minimum Gasteiger partial charge on any atom is -0.381 e. The van der Waals surface area contributed by atoms with Gasteiger partial charge in [-0.1, -0.05) is 0 Å². The summed E-state index contributed by atoms with van der Waals surface area (Å²) >= 11 is 0. The van der Waals surface area contributed by atoms with Crippen molar-refractivity contribution < 1.29 is 17.9 Å². The van der Waals surface area contributed by atoms with Crippen molar-refractivity contribution in [3.63, 3.8) is 0 Å². The number of hydrogen-bond acceptors (Lipinski definition) is 5. The van der Waals surface area contributed by atoms with Crippen LogP contribution in [0.2, 0.25) is 0 Å². The molecule has 1 aliphatic rings. The number of anilines is 1. The summed E-state index contributed by atoms with van der Waals surface area (Å²) in [6.07, 6.45) is 6.42. The summed E-state index contributed by atoms with van der Waals surface area (Å²) in [4.78, 5) is 11.8. The van der Waals surface area contributed by atoms with E-state index in [4.69, 9.17) is 4.74 Å². The van der Waals surface area contributed by atoms with Crippen molar-refractivity contribution in [1.29, 1.82) is 0 Å². The second-order valence-corrected chi connectivity index (χ2v) is 7.66. The molecule has 0 aliphatic carbocycles. The molecule has 0 unspecified atom stereocenters. The van der Waals surface area contributed by atoms with Crippen LogP contribution in [0.4, 0.5) is 5.69 Å². The summed E-state index contributed by atoms with van der Waals surface area (Å²) in [6.45, 7) is 2.15. The number of nitrogens with zero attached hydrogens (tertiary/aromatic N) is 3. The lowest BCUT2D eigenvalue weighted by Gasteiger charge is -2.21. The largest absolute Gasteiger partial charge is 0.381 e. The number of sulfonamides is 1. The third-order valence-electron chi connectivity index (χ3n) is 3.64. The smallest absolute Gasteiger partial charge is 0.239 e. The van der Waals surface area contributed by atoms with Crippen LogP contribution in [0.15, 0.2) is 12.4 Å². The van der Waals surface area contributed by atoms with Crippen molar-refractivity contribution in [2.24, 2.45) is 5.92 Å². The maximum Gasteiger partial charge on any atom is 0.239 e. The van der Waals surface area contributed by atoms with E-state index in [0.717, 1.165) is 43.2 Å². The number of likely N-dealkylation sites (N-methyl/N-ethyl adjacent to an activating group) is 1. The SMILES string of the molecule is CN(CC(=O)Nc1cnn(CC2CCOCC2)c1)S(C)(=O)=O. The maximum atomic E-state index is 11.8. The molecule has 2 rings (SSSR count). The molecule has 1 N–H and O–H groups in total. The lowest BCUT2D eigenvalue weighted by molar-refractivity contribution is -0.116. The van der Waals surface area contributed by atoms with Gasteiger partial charge >= 0.3 is 0 Å². The van der Waals surface area contributed by atoms with Crippen LogP contribution in [0.1, 0.15) is 12.8 Å². The zero-order chi connectivity index (χ0) is 16.2. The van der Waals surface area contributed by atoms with Crippen LogP contribution in [0.5, 0.6) is 0 Å². The molecule has 2 heterocycles. The first kappa shape index (κ1) is 16.9. The van der Waals surface area contributed by atoms with E-state index in [1.165, 1.54) is 7.05 Å². The van der Waals surface area contributed by atoms with E-state index in [9.17, 15) is 13.2 Å². The molecule has 1 aliphatic heterocycles. The Morgan fingerprint density at radius 3 is 2.82 bits per heavy atom. The lowest BCUT2D eigenvalue weighted by atomic mass is 10.0. The van der Waals surface area contributed by atoms with Gasteiger partial charge in [-0.15, -0.1) is 0 Å². The highest BCUT2D eigenvalue weighted by Gasteiger charge is 2.17. The Kier molecular flexibility index (Phi) is 5.54. The predicted molar refractivity (Wildman–Crippen MR) is 81.9 cm³/mol. The second kappa shape index (κ2) is 7.21. The minimum atomic E-state index is -3.36. The lowest BCUT2D eigenvalue weighted by Crippen LogP contribution is -2.34. The standard InChI is InChI=1S/C13H22N4O4S/c1-16(22(2,19)20)10-13(18)15-12-7-14-17(9-12)8-11-3-5-21-6-4-11/h7,9,11H,3-6,8,10H2,1-2H3,(H,15,18). The van der Waals surface area contributed by atoms with Crippen molar-refractivity contribution in [3.8, 4) is 0 Å². The van der Waals surface area contributed by atoms with E-state index in [2.05, 4.69) is 10.4 Å². The van der Waals surface area contributed by atoms with Gasteiger partial charge < -0.3 is 10.1 Å². The van der Waals surface area contributed by atoms with Gasteiger partial charge in [-0.05, 0) is 18.8 Å². The summed E-state index contributed by atoms with van der Waals surface area (Å²) < 4.78 is 30.6. The zero-order valence-electron chi connectivity index (χ0n) is 12.9. The van der Waals surface area contributed by atoms with Crippen molar-refractivity contribution >= 4 is 21.6 Å². The topological polar surface area (TPSA) is 93.5 Å². The van der Waals surface area contributed by atoms with Crippen LogP contribution in [-0.2, 0) is 26.1 Å². The number of hydrogen-bond donors (Lipinski definition) is 1. The molecule has 9 heteroatoms. The fourth-order valence-corrected chi connectivity index (χ4v) is 2.59. The van der Waals surface area contributed by atoms with E-state index in [0.29, 0.717) is 11.6 Å². The summed E-state index contributed by atoms with van der Waals surface area (Å²) in [7, 11) is -2.00. The molecule has 0 bridgehead atoms. The van der Waals surface area contributed by atoms with E-state index < -0.39 is 15.9 Å². The first-order valence-corrected chi connectivity index (χ1v) is 9.01. The Hall–Kier alpha value is -1.45. The van der Waals surface area contributed by atoms with Gasteiger partial charge in [-0.3, -0.25) is 9.48 Å². The van der Waals surface area contributed by atoms with Gasteiger partial charge in [-0.25, -0.2) is 8.42 Å². The molecule has 8 nitrogen and oxygen atoms in total. The number of amides is 1. The highest BCUT2D eigenvalue weighted by Crippen LogP contribution is 2.17. The fourth-order valence-electron chi connectivity index (χ4n) is 2.24. The third-order valence-corrected chi connectivity index (χ3v) is 4.90. The van der Waals surface area contributed by atoms with E-state index >= 15 is 0 Å². The van der Waals surface area contributed by atoms with Gasteiger partial charge in [0.1, 0.15) is 0 Å². The molecule has 22 heavy (non-hydrogen) atoms. The minimum absolute atomic E-state index is 0.218. The molecule has 0 aromatic carbocycles.